The highest BCUT2D eigenvalue weighted by Gasteiger charge is 2.20. The number of carboxylic acid groups (broad SMARTS) is 1. The number of aliphatic carboxylic acids is 1. The minimum Gasteiger partial charge on any atom is -0.481 e. The minimum absolute atomic E-state index is 0.205. The van der Waals surface area contributed by atoms with Crippen molar-refractivity contribution >= 4 is 5.97 Å². The van der Waals surface area contributed by atoms with Gasteiger partial charge in [-0.2, -0.15) is 0 Å². The number of aryl methyl sites for hydroxylation is 1. The highest BCUT2D eigenvalue weighted by molar-refractivity contribution is 5.71. The van der Waals surface area contributed by atoms with Crippen LogP contribution in [-0.2, 0) is 17.6 Å². The SMILES string of the molecule is Cc1ccccc1CC(Cc1ccccc1F)C(=O)O. The molecule has 2 nitrogen and oxygen atoms in total. The fraction of sp³-hybridized carbons (Fsp3) is 0.235. The lowest BCUT2D eigenvalue weighted by atomic mass is 9.91. The quantitative estimate of drug-likeness (QED) is 0.902. The van der Waals surface area contributed by atoms with Crippen LogP contribution in [-0.4, -0.2) is 11.1 Å². The second-order valence-electron chi connectivity index (χ2n) is 4.96. The Balaban J connectivity index is 2.19. The van der Waals surface area contributed by atoms with Gasteiger partial charge in [-0.05, 0) is 42.5 Å². The zero-order valence-corrected chi connectivity index (χ0v) is 11.3. The first-order chi connectivity index (χ1) is 9.58. The summed E-state index contributed by atoms with van der Waals surface area (Å²) in [7, 11) is 0. The van der Waals surface area contributed by atoms with E-state index in [1.807, 2.05) is 31.2 Å². The Bertz CT molecular complexity index is 560. The molecule has 20 heavy (non-hydrogen) atoms. The van der Waals surface area contributed by atoms with E-state index in [0.717, 1.165) is 11.1 Å². The van der Waals surface area contributed by atoms with Crippen molar-refractivity contribution in [2.45, 2.75) is 19.8 Å². The summed E-state index contributed by atoms with van der Waals surface area (Å²) >= 11 is 0. The molecule has 0 heterocycles. The Morgan fingerprint density at radius 2 is 1.60 bits per heavy atom. The highest BCUT2D eigenvalue weighted by Crippen LogP contribution is 2.19. The van der Waals surface area contributed by atoms with Gasteiger partial charge in [0.1, 0.15) is 5.82 Å². The number of rotatable bonds is 5. The largest absolute Gasteiger partial charge is 0.481 e. The lowest BCUT2D eigenvalue weighted by molar-refractivity contribution is -0.141. The molecule has 0 aromatic heterocycles. The second-order valence-corrected chi connectivity index (χ2v) is 4.96. The van der Waals surface area contributed by atoms with E-state index in [9.17, 15) is 14.3 Å². The predicted octanol–water partition coefficient (Wildman–Crippen LogP) is 3.62. The van der Waals surface area contributed by atoms with E-state index in [0.29, 0.717) is 12.0 Å². The smallest absolute Gasteiger partial charge is 0.307 e. The van der Waals surface area contributed by atoms with Gasteiger partial charge in [-0.3, -0.25) is 4.79 Å². The molecule has 3 heteroatoms. The average molecular weight is 272 g/mol. The maximum absolute atomic E-state index is 13.6. The minimum atomic E-state index is -0.892. The molecule has 0 amide bonds. The summed E-state index contributed by atoms with van der Waals surface area (Å²) in [5.74, 6) is -1.85. The highest BCUT2D eigenvalue weighted by atomic mass is 19.1. The number of carbonyl (C=O) groups is 1. The van der Waals surface area contributed by atoms with E-state index in [1.54, 1.807) is 18.2 Å². The molecule has 0 bridgehead atoms. The van der Waals surface area contributed by atoms with Gasteiger partial charge >= 0.3 is 5.97 Å². The van der Waals surface area contributed by atoms with Crippen molar-refractivity contribution in [3.63, 3.8) is 0 Å². The van der Waals surface area contributed by atoms with Gasteiger partial charge in [0.15, 0.2) is 0 Å². The molecule has 0 fully saturated rings. The van der Waals surface area contributed by atoms with Crippen LogP contribution in [0.15, 0.2) is 48.5 Å². The molecule has 1 atom stereocenters. The summed E-state index contributed by atoms with van der Waals surface area (Å²) in [5, 5.41) is 9.36. The molecule has 1 unspecified atom stereocenters. The molecular formula is C17H17FO2. The monoisotopic (exact) mass is 272 g/mol. The normalized spacial score (nSPS) is 12.1. The molecular weight excluding hydrogens is 255 g/mol. The van der Waals surface area contributed by atoms with Crippen molar-refractivity contribution in [3.8, 4) is 0 Å². The van der Waals surface area contributed by atoms with Gasteiger partial charge in [0.25, 0.3) is 0 Å². The Hall–Kier alpha value is -2.16. The lowest BCUT2D eigenvalue weighted by Crippen LogP contribution is -2.20. The first kappa shape index (κ1) is 14.3. The van der Waals surface area contributed by atoms with Crippen LogP contribution in [0.4, 0.5) is 4.39 Å². The number of hydrogen-bond donors (Lipinski definition) is 1. The first-order valence-corrected chi connectivity index (χ1v) is 6.58. The molecule has 0 aliphatic heterocycles. The summed E-state index contributed by atoms with van der Waals surface area (Å²) in [5.41, 5.74) is 2.51. The van der Waals surface area contributed by atoms with Crippen LogP contribution >= 0.6 is 0 Å². The van der Waals surface area contributed by atoms with Crippen LogP contribution < -0.4 is 0 Å². The first-order valence-electron chi connectivity index (χ1n) is 6.58. The summed E-state index contributed by atoms with van der Waals surface area (Å²) in [6, 6.07) is 14.0. The van der Waals surface area contributed by atoms with Gasteiger partial charge < -0.3 is 5.11 Å². The topological polar surface area (TPSA) is 37.3 Å². The van der Waals surface area contributed by atoms with Crippen molar-refractivity contribution < 1.29 is 14.3 Å². The zero-order chi connectivity index (χ0) is 14.5. The molecule has 0 saturated carbocycles. The van der Waals surface area contributed by atoms with Crippen LogP contribution in [0.25, 0.3) is 0 Å². The Morgan fingerprint density at radius 3 is 2.20 bits per heavy atom. The van der Waals surface area contributed by atoms with E-state index in [4.69, 9.17) is 0 Å². The summed E-state index contributed by atoms with van der Waals surface area (Å²) < 4.78 is 13.6. The van der Waals surface area contributed by atoms with E-state index < -0.39 is 11.9 Å². The van der Waals surface area contributed by atoms with Crippen molar-refractivity contribution in [1.82, 2.24) is 0 Å². The number of carboxylic acids is 1. The van der Waals surface area contributed by atoms with Gasteiger partial charge in [-0.15, -0.1) is 0 Å². The van der Waals surface area contributed by atoms with Gasteiger partial charge in [0, 0.05) is 0 Å². The van der Waals surface area contributed by atoms with Gasteiger partial charge in [-0.25, -0.2) is 4.39 Å². The predicted molar refractivity (Wildman–Crippen MR) is 76.1 cm³/mol. The number of hydrogen-bond acceptors (Lipinski definition) is 1. The lowest BCUT2D eigenvalue weighted by Gasteiger charge is -2.14. The van der Waals surface area contributed by atoms with Crippen LogP contribution in [0.5, 0.6) is 0 Å². The third-order valence-electron chi connectivity index (χ3n) is 3.50. The zero-order valence-electron chi connectivity index (χ0n) is 11.3. The maximum Gasteiger partial charge on any atom is 0.307 e. The van der Waals surface area contributed by atoms with Crippen molar-refractivity contribution in [2.75, 3.05) is 0 Å². The van der Waals surface area contributed by atoms with Crippen LogP contribution in [0.3, 0.4) is 0 Å². The van der Waals surface area contributed by atoms with Gasteiger partial charge in [0.05, 0.1) is 5.92 Å². The number of halogens is 1. The maximum atomic E-state index is 13.6. The molecule has 2 rings (SSSR count). The fourth-order valence-electron chi connectivity index (χ4n) is 2.28. The molecule has 0 spiro atoms. The van der Waals surface area contributed by atoms with Crippen molar-refractivity contribution in [2.24, 2.45) is 5.92 Å². The third kappa shape index (κ3) is 3.44. The Labute approximate surface area is 117 Å². The van der Waals surface area contributed by atoms with Crippen LogP contribution in [0, 0.1) is 18.7 Å². The molecule has 1 N–H and O–H groups in total. The van der Waals surface area contributed by atoms with Gasteiger partial charge in [0.2, 0.25) is 0 Å². The Kier molecular flexibility index (Phi) is 4.51. The second kappa shape index (κ2) is 6.33. The van der Waals surface area contributed by atoms with Crippen LogP contribution in [0.2, 0.25) is 0 Å². The standard InChI is InChI=1S/C17H17FO2/c1-12-6-2-3-7-13(12)10-15(17(19)20)11-14-8-4-5-9-16(14)18/h2-9,15H,10-11H2,1H3,(H,19,20). The summed E-state index contributed by atoms with van der Waals surface area (Å²) in [4.78, 5) is 11.4. The molecule has 0 aliphatic rings. The molecule has 2 aromatic rings. The third-order valence-corrected chi connectivity index (χ3v) is 3.50. The van der Waals surface area contributed by atoms with E-state index in [-0.39, 0.29) is 12.2 Å². The summed E-state index contributed by atoms with van der Waals surface area (Å²) in [6.07, 6.45) is 0.618. The molecule has 0 radical (unpaired) electrons. The van der Waals surface area contributed by atoms with Crippen molar-refractivity contribution in [3.05, 3.63) is 71.0 Å². The molecule has 0 aliphatic carbocycles. The average Bonchev–Trinajstić information content (AvgIpc) is 2.42. The van der Waals surface area contributed by atoms with Gasteiger partial charge in [-0.1, -0.05) is 42.5 Å². The van der Waals surface area contributed by atoms with E-state index >= 15 is 0 Å². The number of benzene rings is 2. The Morgan fingerprint density at radius 1 is 1.05 bits per heavy atom. The molecule has 2 aromatic carbocycles. The molecule has 0 saturated heterocycles. The fourth-order valence-corrected chi connectivity index (χ4v) is 2.28. The molecule has 104 valence electrons. The van der Waals surface area contributed by atoms with Crippen LogP contribution in [0.1, 0.15) is 16.7 Å². The van der Waals surface area contributed by atoms with Crippen molar-refractivity contribution in [1.29, 1.82) is 0 Å². The summed E-state index contributed by atoms with van der Waals surface area (Å²) in [6.45, 7) is 1.96. The van der Waals surface area contributed by atoms with E-state index in [2.05, 4.69) is 0 Å². The van der Waals surface area contributed by atoms with E-state index in [1.165, 1.54) is 6.07 Å².